The Labute approximate surface area is 101 Å². The molecule has 0 aliphatic carbocycles. The van der Waals surface area contributed by atoms with E-state index >= 15 is 0 Å². The first kappa shape index (κ1) is 15.3. The Bertz CT molecular complexity index is 174. The molecule has 0 aliphatic rings. The molecule has 0 aromatic carbocycles. The molecule has 0 aliphatic heterocycles. The standard InChI is InChI=1S/C13H29N3/c1-3-5-6-7-8-9-11-12(10-4-2)16-13(14)15/h12H,3-11H2,1-2H3,(H4,14,15,16). The topological polar surface area (TPSA) is 64.4 Å². The van der Waals surface area contributed by atoms with Gasteiger partial charge in [-0.1, -0.05) is 58.8 Å². The Morgan fingerprint density at radius 2 is 1.50 bits per heavy atom. The summed E-state index contributed by atoms with van der Waals surface area (Å²) in [4.78, 5) is 4.27. The van der Waals surface area contributed by atoms with Crippen LogP contribution >= 0.6 is 0 Å². The number of rotatable bonds is 10. The number of hydrogen-bond acceptors (Lipinski definition) is 1. The van der Waals surface area contributed by atoms with Crippen molar-refractivity contribution in [2.24, 2.45) is 16.5 Å². The molecule has 0 aromatic rings. The summed E-state index contributed by atoms with van der Waals surface area (Å²) in [5.74, 6) is 0.240. The highest BCUT2D eigenvalue weighted by molar-refractivity contribution is 5.75. The summed E-state index contributed by atoms with van der Waals surface area (Å²) in [6, 6.07) is 0.348. The molecule has 0 radical (unpaired) electrons. The monoisotopic (exact) mass is 227 g/mol. The predicted octanol–water partition coefficient (Wildman–Crippen LogP) is 3.18. The van der Waals surface area contributed by atoms with Gasteiger partial charge in [0.25, 0.3) is 0 Å². The van der Waals surface area contributed by atoms with Crippen molar-refractivity contribution < 1.29 is 0 Å². The quantitative estimate of drug-likeness (QED) is 0.342. The molecular formula is C13H29N3. The summed E-state index contributed by atoms with van der Waals surface area (Å²) in [6.07, 6.45) is 11.4. The fourth-order valence-corrected chi connectivity index (χ4v) is 1.98. The lowest BCUT2D eigenvalue weighted by atomic mass is 10.0. The van der Waals surface area contributed by atoms with Crippen LogP contribution in [0.15, 0.2) is 4.99 Å². The van der Waals surface area contributed by atoms with E-state index in [2.05, 4.69) is 18.8 Å². The van der Waals surface area contributed by atoms with Crippen LogP contribution in [0.5, 0.6) is 0 Å². The highest BCUT2D eigenvalue weighted by Gasteiger charge is 2.05. The van der Waals surface area contributed by atoms with Crippen LogP contribution in [0.2, 0.25) is 0 Å². The van der Waals surface area contributed by atoms with Crippen LogP contribution in [0.1, 0.15) is 71.6 Å². The summed E-state index contributed by atoms with van der Waals surface area (Å²) in [6.45, 7) is 4.42. The maximum atomic E-state index is 5.42. The minimum Gasteiger partial charge on any atom is -0.370 e. The second-order valence-electron chi connectivity index (χ2n) is 4.55. The molecule has 1 unspecified atom stereocenters. The van der Waals surface area contributed by atoms with E-state index in [4.69, 9.17) is 11.5 Å². The van der Waals surface area contributed by atoms with Crippen molar-refractivity contribution in [1.82, 2.24) is 0 Å². The first-order chi connectivity index (χ1) is 7.70. The number of aliphatic imine (C=N–C) groups is 1. The smallest absolute Gasteiger partial charge is 0.186 e. The average molecular weight is 227 g/mol. The van der Waals surface area contributed by atoms with E-state index < -0.39 is 0 Å². The molecule has 0 saturated carbocycles. The van der Waals surface area contributed by atoms with Gasteiger partial charge in [0.15, 0.2) is 5.96 Å². The fourth-order valence-electron chi connectivity index (χ4n) is 1.98. The van der Waals surface area contributed by atoms with E-state index in [0.717, 1.165) is 19.3 Å². The minimum atomic E-state index is 0.240. The molecule has 3 heteroatoms. The highest BCUT2D eigenvalue weighted by atomic mass is 15.0. The zero-order valence-electron chi connectivity index (χ0n) is 11.0. The molecule has 0 amide bonds. The van der Waals surface area contributed by atoms with E-state index in [-0.39, 0.29) is 5.96 Å². The van der Waals surface area contributed by atoms with Gasteiger partial charge in [-0.2, -0.15) is 0 Å². The van der Waals surface area contributed by atoms with E-state index in [1.54, 1.807) is 0 Å². The third kappa shape index (κ3) is 9.81. The fraction of sp³-hybridized carbons (Fsp3) is 0.923. The van der Waals surface area contributed by atoms with E-state index in [9.17, 15) is 0 Å². The Kier molecular flexibility index (Phi) is 10.3. The maximum absolute atomic E-state index is 5.42. The van der Waals surface area contributed by atoms with Crippen LogP contribution in [0.4, 0.5) is 0 Å². The van der Waals surface area contributed by atoms with Gasteiger partial charge < -0.3 is 11.5 Å². The van der Waals surface area contributed by atoms with Gasteiger partial charge in [0, 0.05) is 0 Å². The Morgan fingerprint density at radius 3 is 2.06 bits per heavy atom. The predicted molar refractivity (Wildman–Crippen MR) is 72.5 cm³/mol. The Hall–Kier alpha value is -0.730. The van der Waals surface area contributed by atoms with Crippen LogP contribution < -0.4 is 11.5 Å². The third-order valence-electron chi connectivity index (χ3n) is 2.84. The Morgan fingerprint density at radius 1 is 0.875 bits per heavy atom. The average Bonchev–Trinajstić information content (AvgIpc) is 2.22. The van der Waals surface area contributed by atoms with Gasteiger partial charge in [0.2, 0.25) is 0 Å². The van der Waals surface area contributed by atoms with Crippen molar-refractivity contribution in [2.45, 2.75) is 77.7 Å². The number of guanidine groups is 1. The van der Waals surface area contributed by atoms with Gasteiger partial charge >= 0.3 is 0 Å². The second-order valence-corrected chi connectivity index (χ2v) is 4.55. The highest BCUT2D eigenvalue weighted by Crippen LogP contribution is 2.13. The zero-order chi connectivity index (χ0) is 12.2. The van der Waals surface area contributed by atoms with Crippen LogP contribution in [-0.4, -0.2) is 12.0 Å². The Balaban J connectivity index is 3.56. The first-order valence-electron chi connectivity index (χ1n) is 6.79. The van der Waals surface area contributed by atoms with Gasteiger partial charge in [-0.15, -0.1) is 0 Å². The van der Waals surface area contributed by atoms with Gasteiger partial charge in [-0.05, 0) is 12.8 Å². The lowest BCUT2D eigenvalue weighted by Crippen LogP contribution is -2.25. The first-order valence-corrected chi connectivity index (χ1v) is 6.79. The molecule has 0 aromatic heterocycles. The molecule has 1 atom stereocenters. The van der Waals surface area contributed by atoms with Crippen LogP contribution in [0.25, 0.3) is 0 Å². The van der Waals surface area contributed by atoms with Gasteiger partial charge in [-0.25, -0.2) is 0 Å². The number of unbranched alkanes of at least 4 members (excludes halogenated alkanes) is 5. The lowest BCUT2D eigenvalue weighted by Gasteiger charge is -2.11. The van der Waals surface area contributed by atoms with E-state index in [0.29, 0.717) is 6.04 Å². The molecule has 0 saturated heterocycles. The zero-order valence-corrected chi connectivity index (χ0v) is 11.0. The third-order valence-corrected chi connectivity index (χ3v) is 2.84. The van der Waals surface area contributed by atoms with Gasteiger partial charge in [0.1, 0.15) is 0 Å². The van der Waals surface area contributed by atoms with Crippen molar-refractivity contribution in [2.75, 3.05) is 0 Å². The largest absolute Gasteiger partial charge is 0.370 e. The van der Waals surface area contributed by atoms with Crippen LogP contribution in [0, 0.1) is 0 Å². The SMILES string of the molecule is CCCCCCCCC(CCC)N=C(N)N. The number of nitrogens with zero attached hydrogens (tertiary/aromatic N) is 1. The molecular weight excluding hydrogens is 198 g/mol. The van der Waals surface area contributed by atoms with Crippen molar-refractivity contribution >= 4 is 5.96 Å². The summed E-state index contributed by atoms with van der Waals surface area (Å²) in [5, 5.41) is 0. The summed E-state index contributed by atoms with van der Waals surface area (Å²) in [5.41, 5.74) is 10.8. The van der Waals surface area contributed by atoms with Crippen LogP contribution in [-0.2, 0) is 0 Å². The maximum Gasteiger partial charge on any atom is 0.186 e. The van der Waals surface area contributed by atoms with Crippen molar-refractivity contribution in [3.8, 4) is 0 Å². The molecule has 0 fully saturated rings. The molecule has 0 rings (SSSR count). The molecule has 0 bridgehead atoms. The van der Waals surface area contributed by atoms with E-state index in [1.165, 1.54) is 38.5 Å². The molecule has 0 heterocycles. The van der Waals surface area contributed by atoms with Crippen LogP contribution in [0.3, 0.4) is 0 Å². The van der Waals surface area contributed by atoms with E-state index in [1.807, 2.05) is 0 Å². The van der Waals surface area contributed by atoms with Gasteiger partial charge in [0.05, 0.1) is 6.04 Å². The second kappa shape index (κ2) is 10.8. The summed E-state index contributed by atoms with van der Waals surface area (Å²) >= 11 is 0. The molecule has 4 N–H and O–H groups in total. The molecule has 0 spiro atoms. The van der Waals surface area contributed by atoms with Crippen molar-refractivity contribution in [3.63, 3.8) is 0 Å². The lowest BCUT2D eigenvalue weighted by molar-refractivity contribution is 0.510. The van der Waals surface area contributed by atoms with Gasteiger partial charge in [-0.3, -0.25) is 4.99 Å². The summed E-state index contributed by atoms with van der Waals surface area (Å²) < 4.78 is 0. The minimum absolute atomic E-state index is 0.240. The number of nitrogens with two attached hydrogens (primary N) is 2. The summed E-state index contributed by atoms with van der Waals surface area (Å²) in [7, 11) is 0. The molecule has 3 nitrogen and oxygen atoms in total. The molecule has 16 heavy (non-hydrogen) atoms. The van der Waals surface area contributed by atoms with Crippen molar-refractivity contribution in [1.29, 1.82) is 0 Å². The molecule has 96 valence electrons. The van der Waals surface area contributed by atoms with Crippen molar-refractivity contribution in [3.05, 3.63) is 0 Å². The normalized spacial score (nSPS) is 12.4. The number of hydrogen-bond donors (Lipinski definition) is 2.